The highest BCUT2D eigenvalue weighted by Crippen LogP contribution is 2.16. The van der Waals surface area contributed by atoms with E-state index in [1.54, 1.807) is 48.5 Å². The van der Waals surface area contributed by atoms with Gasteiger partial charge in [0.2, 0.25) is 0 Å². The van der Waals surface area contributed by atoms with Crippen LogP contribution in [0.5, 0.6) is 5.75 Å². The molecule has 0 aliphatic carbocycles. The molecule has 0 atom stereocenters. The van der Waals surface area contributed by atoms with Crippen LogP contribution in [0.25, 0.3) is 0 Å². The lowest BCUT2D eigenvalue weighted by molar-refractivity contribution is 0.0752. The van der Waals surface area contributed by atoms with E-state index >= 15 is 0 Å². The number of para-hydroxylation sites is 1. The van der Waals surface area contributed by atoms with Crippen molar-refractivity contribution in [1.29, 1.82) is 0 Å². The number of hydrogen-bond acceptors (Lipinski definition) is 3. The average molecular weight is 256 g/mol. The van der Waals surface area contributed by atoms with E-state index in [1.165, 1.54) is 6.07 Å². The Hall–Kier alpha value is -2.82. The Labute approximate surface area is 109 Å². The fourth-order valence-corrected chi connectivity index (χ4v) is 1.51. The Morgan fingerprint density at radius 1 is 0.947 bits per heavy atom. The third kappa shape index (κ3) is 3.10. The molecule has 0 saturated heterocycles. The first-order valence-electron chi connectivity index (χ1n) is 5.59. The minimum atomic E-state index is -0.621. The zero-order valence-electron chi connectivity index (χ0n) is 10.00. The zero-order valence-corrected chi connectivity index (χ0v) is 10.00. The van der Waals surface area contributed by atoms with E-state index in [0.717, 1.165) is 0 Å². The van der Waals surface area contributed by atoms with E-state index in [0.29, 0.717) is 5.56 Å². The summed E-state index contributed by atoms with van der Waals surface area (Å²) in [5, 5.41) is 0. The summed E-state index contributed by atoms with van der Waals surface area (Å²) in [6.07, 6.45) is 0. The molecule has 5 nitrogen and oxygen atoms in total. The van der Waals surface area contributed by atoms with Gasteiger partial charge in [-0.1, -0.05) is 30.3 Å². The van der Waals surface area contributed by atoms with Crippen molar-refractivity contribution >= 4 is 11.8 Å². The molecular weight excluding hydrogens is 244 g/mol. The third-order valence-electron chi connectivity index (χ3n) is 2.44. The number of rotatable bonds is 4. The predicted molar refractivity (Wildman–Crippen MR) is 69.5 cm³/mol. The van der Waals surface area contributed by atoms with Crippen LogP contribution in [0.1, 0.15) is 20.7 Å². The van der Waals surface area contributed by atoms with E-state index in [2.05, 4.69) is 5.48 Å². The summed E-state index contributed by atoms with van der Waals surface area (Å²) >= 11 is 0. The Kier molecular flexibility index (Phi) is 3.78. The SMILES string of the molecule is NC(=O)c1ccccc1ONC(=O)c1ccccc1. The zero-order chi connectivity index (χ0) is 13.7. The second-order valence-electron chi connectivity index (χ2n) is 3.76. The maximum Gasteiger partial charge on any atom is 0.283 e. The topological polar surface area (TPSA) is 81.4 Å². The van der Waals surface area contributed by atoms with Crippen molar-refractivity contribution in [3.8, 4) is 5.75 Å². The second-order valence-corrected chi connectivity index (χ2v) is 3.76. The molecule has 0 spiro atoms. The summed E-state index contributed by atoms with van der Waals surface area (Å²) in [4.78, 5) is 28.0. The fraction of sp³-hybridized carbons (Fsp3) is 0. The van der Waals surface area contributed by atoms with Gasteiger partial charge in [0.1, 0.15) is 0 Å². The van der Waals surface area contributed by atoms with E-state index < -0.39 is 11.8 Å². The minimum Gasteiger partial charge on any atom is -0.378 e. The Balaban J connectivity index is 2.07. The van der Waals surface area contributed by atoms with Crippen LogP contribution in [0.4, 0.5) is 0 Å². The highest BCUT2D eigenvalue weighted by molar-refractivity contribution is 5.96. The molecule has 2 rings (SSSR count). The molecule has 0 radical (unpaired) electrons. The van der Waals surface area contributed by atoms with Gasteiger partial charge in [-0.25, -0.2) is 0 Å². The van der Waals surface area contributed by atoms with Crippen molar-refractivity contribution in [2.75, 3.05) is 0 Å². The highest BCUT2D eigenvalue weighted by Gasteiger charge is 2.10. The lowest BCUT2D eigenvalue weighted by Gasteiger charge is -2.09. The normalized spacial score (nSPS) is 9.68. The van der Waals surface area contributed by atoms with Crippen LogP contribution in [0.15, 0.2) is 54.6 Å². The smallest absolute Gasteiger partial charge is 0.283 e. The first-order chi connectivity index (χ1) is 9.18. The molecule has 0 aliphatic rings. The van der Waals surface area contributed by atoms with Gasteiger partial charge in [-0.3, -0.25) is 9.59 Å². The molecule has 3 N–H and O–H groups in total. The van der Waals surface area contributed by atoms with Crippen molar-refractivity contribution in [1.82, 2.24) is 5.48 Å². The van der Waals surface area contributed by atoms with Crippen molar-refractivity contribution < 1.29 is 14.4 Å². The van der Waals surface area contributed by atoms with E-state index in [1.807, 2.05) is 0 Å². The first kappa shape index (κ1) is 12.6. The largest absolute Gasteiger partial charge is 0.378 e. The summed E-state index contributed by atoms with van der Waals surface area (Å²) < 4.78 is 0. The Morgan fingerprint density at radius 3 is 2.26 bits per heavy atom. The van der Waals surface area contributed by atoms with Gasteiger partial charge in [-0.15, -0.1) is 0 Å². The second kappa shape index (κ2) is 5.68. The predicted octanol–water partition coefficient (Wildman–Crippen LogP) is 1.51. The van der Waals surface area contributed by atoms with Gasteiger partial charge in [-0.05, 0) is 24.3 Å². The maximum atomic E-state index is 11.7. The van der Waals surface area contributed by atoms with Gasteiger partial charge in [0, 0.05) is 5.56 Å². The molecule has 0 bridgehead atoms. The fourth-order valence-electron chi connectivity index (χ4n) is 1.51. The molecule has 19 heavy (non-hydrogen) atoms. The molecule has 0 heterocycles. The van der Waals surface area contributed by atoms with Crippen LogP contribution in [0.3, 0.4) is 0 Å². The first-order valence-corrected chi connectivity index (χ1v) is 5.59. The molecule has 2 amide bonds. The maximum absolute atomic E-state index is 11.7. The van der Waals surface area contributed by atoms with Gasteiger partial charge in [-0.2, -0.15) is 5.48 Å². The number of carbonyl (C=O) groups excluding carboxylic acids is 2. The summed E-state index contributed by atoms with van der Waals surface area (Å²) in [7, 11) is 0. The van der Waals surface area contributed by atoms with Crippen LogP contribution in [-0.2, 0) is 0 Å². The van der Waals surface area contributed by atoms with Crippen LogP contribution in [0, 0.1) is 0 Å². The summed E-state index contributed by atoms with van der Waals surface area (Å²) in [5.41, 5.74) is 8.13. The molecule has 0 aromatic heterocycles. The van der Waals surface area contributed by atoms with Gasteiger partial charge >= 0.3 is 0 Å². The number of nitrogens with two attached hydrogens (primary N) is 1. The van der Waals surface area contributed by atoms with Crippen LogP contribution >= 0.6 is 0 Å². The number of carbonyl (C=O) groups is 2. The lowest BCUT2D eigenvalue weighted by atomic mass is 10.2. The number of nitrogens with one attached hydrogen (secondary N) is 1. The molecule has 0 aliphatic heterocycles. The van der Waals surface area contributed by atoms with Crippen LogP contribution < -0.4 is 16.1 Å². The quantitative estimate of drug-likeness (QED) is 0.813. The van der Waals surface area contributed by atoms with Crippen LogP contribution in [0.2, 0.25) is 0 Å². The Morgan fingerprint density at radius 2 is 1.58 bits per heavy atom. The molecular formula is C14H12N2O3. The Bertz CT molecular complexity index is 597. The highest BCUT2D eigenvalue weighted by atomic mass is 16.7. The van der Waals surface area contributed by atoms with Crippen LogP contribution in [-0.4, -0.2) is 11.8 Å². The van der Waals surface area contributed by atoms with Crippen molar-refractivity contribution in [3.05, 3.63) is 65.7 Å². The molecule has 96 valence electrons. The summed E-state index contributed by atoms with van der Waals surface area (Å²) in [6.45, 7) is 0. The summed E-state index contributed by atoms with van der Waals surface area (Å²) in [5.74, 6) is -0.816. The van der Waals surface area contributed by atoms with E-state index in [9.17, 15) is 9.59 Å². The summed E-state index contributed by atoms with van der Waals surface area (Å²) in [6, 6.07) is 15.0. The molecule has 0 fully saturated rings. The van der Waals surface area contributed by atoms with Crippen molar-refractivity contribution in [2.45, 2.75) is 0 Å². The minimum absolute atomic E-state index is 0.205. The van der Waals surface area contributed by atoms with E-state index in [-0.39, 0.29) is 11.3 Å². The third-order valence-corrected chi connectivity index (χ3v) is 2.44. The van der Waals surface area contributed by atoms with Gasteiger partial charge in [0.25, 0.3) is 11.8 Å². The standard InChI is InChI=1S/C14H12N2O3/c15-13(17)11-8-4-5-9-12(11)19-16-14(18)10-6-2-1-3-7-10/h1-9H,(H2,15,17)(H,16,18). The molecule has 5 heteroatoms. The number of amides is 2. The average Bonchev–Trinajstić information content (AvgIpc) is 2.46. The monoisotopic (exact) mass is 256 g/mol. The number of primary amides is 1. The van der Waals surface area contributed by atoms with Gasteiger partial charge in [0.05, 0.1) is 5.56 Å². The van der Waals surface area contributed by atoms with E-state index in [4.69, 9.17) is 10.6 Å². The molecule has 0 saturated carbocycles. The van der Waals surface area contributed by atoms with Crippen molar-refractivity contribution in [2.24, 2.45) is 5.73 Å². The van der Waals surface area contributed by atoms with Gasteiger partial charge < -0.3 is 10.6 Å². The molecule has 2 aromatic rings. The number of hydroxylamine groups is 1. The van der Waals surface area contributed by atoms with Crippen molar-refractivity contribution in [3.63, 3.8) is 0 Å². The number of hydrogen-bond donors (Lipinski definition) is 2. The molecule has 2 aromatic carbocycles. The number of benzene rings is 2. The lowest BCUT2D eigenvalue weighted by Crippen LogP contribution is -2.28. The molecule has 0 unspecified atom stereocenters. The van der Waals surface area contributed by atoms with Gasteiger partial charge in [0.15, 0.2) is 5.75 Å².